The lowest BCUT2D eigenvalue weighted by Crippen LogP contribution is -2.09. The van der Waals surface area contributed by atoms with Gasteiger partial charge in [0.05, 0.1) is 12.7 Å². The third kappa shape index (κ3) is 7.55. The van der Waals surface area contributed by atoms with Crippen LogP contribution in [0.3, 0.4) is 0 Å². The van der Waals surface area contributed by atoms with E-state index in [2.05, 4.69) is 6.58 Å². The fraction of sp³-hybridized carbons (Fsp3) is 0.250. The van der Waals surface area contributed by atoms with Crippen molar-refractivity contribution in [1.82, 2.24) is 0 Å². The maximum Gasteiger partial charge on any atom is 0.416 e. The summed E-state index contributed by atoms with van der Waals surface area (Å²) in [5.74, 6) is 1.79. The van der Waals surface area contributed by atoms with Crippen LogP contribution in [0.15, 0.2) is 54.6 Å². The zero-order chi connectivity index (χ0) is 21.2. The first-order valence-electron chi connectivity index (χ1n) is 7.94. The lowest BCUT2D eigenvalue weighted by Gasteiger charge is -2.12. The number of hydrogen-bond donors (Lipinski definition) is 0. The molecule has 0 bridgehead atoms. The maximum atomic E-state index is 12.5. The summed E-state index contributed by atoms with van der Waals surface area (Å²) < 4.78 is 53.7. The molecule has 8 heteroatoms. The molecule has 0 heterocycles. The van der Waals surface area contributed by atoms with Crippen LogP contribution >= 0.6 is 0 Å². The largest absolute Gasteiger partial charge is 0.496 e. The molecular formula is C20H19F3O5. The van der Waals surface area contributed by atoms with Crippen molar-refractivity contribution in [3.8, 4) is 17.2 Å². The van der Waals surface area contributed by atoms with E-state index >= 15 is 0 Å². The summed E-state index contributed by atoms with van der Waals surface area (Å²) in [5, 5.41) is 0. The number of aryl methyl sites for hydroxylation is 1. The minimum Gasteiger partial charge on any atom is -0.496 e. The highest BCUT2D eigenvalue weighted by molar-refractivity contribution is 5.39. The van der Waals surface area contributed by atoms with Crippen LogP contribution in [0, 0.1) is 6.92 Å². The molecule has 0 spiro atoms. The molecule has 0 saturated carbocycles. The Morgan fingerprint density at radius 3 is 1.96 bits per heavy atom. The monoisotopic (exact) mass is 396 g/mol. The summed E-state index contributed by atoms with van der Waals surface area (Å²) >= 11 is 0. The van der Waals surface area contributed by atoms with Crippen LogP contribution in [-0.4, -0.2) is 26.5 Å². The summed E-state index contributed by atoms with van der Waals surface area (Å²) in [6, 6.07) is 9.97. The fourth-order valence-corrected chi connectivity index (χ4v) is 2.09. The minimum atomic E-state index is -4.35. The van der Waals surface area contributed by atoms with Gasteiger partial charge in [-0.2, -0.15) is 22.8 Å². The molecule has 5 nitrogen and oxygen atoms in total. The zero-order valence-electron chi connectivity index (χ0n) is 15.3. The number of alkyl halides is 3. The van der Waals surface area contributed by atoms with E-state index in [4.69, 9.17) is 23.8 Å². The molecule has 2 aromatic rings. The molecule has 0 fully saturated rings. The van der Waals surface area contributed by atoms with Gasteiger partial charge in [0.2, 0.25) is 0 Å². The normalized spacial score (nSPS) is 10.2. The van der Waals surface area contributed by atoms with E-state index in [-0.39, 0.29) is 19.4 Å². The molecule has 0 unspecified atom stereocenters. The number of carbonyl (C=O) groups excluding carboxylic acids is 2. The van der Waals surface area contributed by atoms with Crippen LogP contribution < -0.4 is 14.2 Å². The Morgan fingerprint density at radius 1 is 1.00 bits per heavy atom. The van der Waals surface area contributed by atoms with E-state index in [1.165, 1.54) is 12.1 Å². The van der Waals surface area contributed by atoms with E-state index in [1.54, 1.807) is 13.2 Å². The molecule has 0 aliphatic carbocycles. The fourth-order valence-electron chi connectivity index (χ4n) is 2.09. The number of hydrogen-bond acceptors (Lipinski definition) is 5. The van der Waals surface area contributed by atoms with Gasteiger partial charge in [0.15, 0.2) is 0 Å². The second kappa shape index (κ2) is 10.8. The Morgan fingerprint density at radius 2 is 1.50 bits per heavy atom. The van der Waals surface area contributed by atoms with Crippen LogP contribution in [0.1, 0.15) is 11.1 Å². The molecule has 0 saturated heterocycles. The summed E-state index contributed by atoms with van der Waals surface area (Å²) in [7, 11) is 1.60. The second-order valence-corrected chi connectivity index (χ2v) is 5.56. The molecule has 0 aliphatic heterocycles. The molecule has 2 rings (SSSR count). The molecule has 28 heavy (non-hydrogen) atoms. The van der Waals surface area contributed by atoms with E-state index in [9.17, 15) is 13.2 Å². The van der Waals surface area contributed by atoms with Gasteiger partial charge in [-0.1, -0.05) is 6.58 Å². The maximum absolute atomic E-state index is 12.5. The summed E-state index contributed by atoms with van der Waals surface area (Å²) in [4.78, 5) is 16.2. The van der Waals surface area contributed by atoms with E-state index in [0.29, 0.717) is 17.1 Å². The molecule has 2 aromatic carbocycles. The van der Waals surface area contributed by atoms with Gasteiger partial charge in [0.25, 0.3) is 0 Å². The van der Waals surface area contributed by atoms with Crippen molar-refractivity contribution in [1.29, 1.82) is 0 Å². The average molecular weight is 396 g/mol. The average Bonchev–Trinajstić information content (AvgIpc) is 2.65. The lowest BCUT2D eigenvalue weighted by molar-refractivity contribution is -0.191. The highest BCUT2D eigenvalue weighted by Crippen LogP contribution is 2.30. The first kappa shape index (κ1) is 22.8. The first-order chi connectivity index (χ1) is 13.2. The van der Waals surface area contributed by atoms with Crippen LogP contribution in [-0.2, 0) is 15.8 Å². The Hall–Kier alpha value is -3.25. The third-order valence-electron chi connectivity index (χ3n) is 3.43. The van der Waals surface area contributed by atoms with Crippen LogP contribution in [0.5, 0.6) is 17.2 Å². The van der Waals surface area contributed by atoms with Crippen molar-refractivity contribution >= 4 is 6.15 Å². The van der Waals surface area contributed by atoms with Gasteiger partial charge in [-0.3, -0.25) is 0 Å². The number of methoxy groups -OCH3 is 1. The quantitative estimate of drug-likeness (QED) is 0.647. The predicted molar refractivity (Wildman–Crippen MR) is 94.3 cm³/mol. The SMILES string of the molecule is C=C(COc1ccc(C(F)(F)F)cc1)COc1ccc(OC)c(C)c1.O=C=O. The number of benzene rings is 2. The van der Waals surface area contributed by atoms with Crippen LogP contribution in [0.25, 0.3) is 0 Å². The van der Waals surface area contributed by atoms with Gasteiger partial charge in [0.1, 0.15) is 30.5 Å². The molecular weight excluding hydrogens is 377 g/mol. The van der Waals surface area contributed by atoms with Crippen LogP contribution in [0.4, 0.5) is 13.2 Å². The molecule has 150 valence electrons. The summed E-state index contributed by atoms with van der Waals surface area (Å²) in [6.07, 6.45) is -4.10. The number of rotatable bonds is 7. The standard InChI is InChI=1S/C19H19F3O3.CO2/c1-13(12-25-17-8-9-18(23-3)14(2)10-17)11-24-16-6-4-15(5-7-16)19(20,21)22;2-1-3/h4-10H,1,11-12H2,2-3H3;. The number of ether oxygens (including phenoxy) is 3. The van der Waals surface area contributed by atoms with Crippen molar-refractivity contribution in [2.24, 2.45) is 0 Å². The highest BCUT2D eigenvalue weighted by Gasteiger charge is 2.29. The van der Waals surface area contributed by atoms with Gasteiger partial charge < -0.3 is 14.2 Å². The summed E-state index contributed by atoms with van der Waals surface area (Å²) in [5.41, 5.74) is 0.900. The van der Waals surface area contributed by atoms with E-state index < -0.39 is 11.7 Å². The van der Waals surface area contributed by atoms with Crippen LogP contribution in [0.2, 0.25) is 0 Å². The van der Waals surface area contributed by atoms with Crippen molar-refractivity contribution < 1.29 is 37.0 Å². The molecule has 0 amide bonds. The van der Waals surface area contributed by atoms with Gasteiger partial charge in [0, 0.05) is 0 Å². The minimum absolute atomic E-state index is 0.153. The Kier molecular flexibility index (Phi) is 8.78. The molecule has 0 aromatic heterocycles. The Bertz CT molecular complexity index is 808. The zero-order valence-corrected chi connectivity index (χ0v) is 15.3. The topological polar surface area (TPSA) is 61.8 Å². The molecule has 0 radical (unpaired) electrons. The molecule has 0 N–H and O–H groups in total. The number of halogens is 3. The van der Waals surface area contributed by atoms with E-state index in [0.717, 1.165) is 23.4 Å². The Balaban J connectivity index is 0.00000122. The summed E-state index contributed by atoms with van der Waals surface area (Å²) in [6.45, 7) is 6.15. The predicted octanol–water partition coefficient (Wildman–Crippen LogP) is 4.45. The highest BCUT2D eigenvalue weighted by atomic mass is 19.4. The first-order valence-corrected chi connectivity index (χ1v) is 7.94. The van der Waals surface area contributed by atoms with E-state index in [1.807, 2.05) is 19.1 Å². The molecule has 0 aliphatic rings. The smallest absolute Gasteiger partial charge is 0.416 e. The Labute approximate surface area is 160 Å². The van der Waals surface area contributed by atoms with Gasteiger partial charge in [-0.05, 0) is 60.5 Å². The van der Waals surface area contributed by atoms with Crippen molar-refractivity contribution in [3.05, 3.63) is 65.7 Å². The van der Waals surface area contributed by atoms with Gasteiger partial charge in [-0.25, -0.2) is 0 Å². The van der Waals surface area contributed by atoms with Gasteiger partial charge >= 0.3 is 12.3 Å². The second-order valence-electron chi connectivity index (χ2n) is 5.56. The van der Waals surface area contributed by atoms with Gasteiger partial charge in [-0.15, -0.1) is 0 Å². The van der Waals surface area contributed by atoms with Crippen molar-refractivity contribution in [3.63, 3.8) is 0 Å². The van der Waals surface area contributed by atoms with Crippen molar-refractivity contribution in [2.75, 3.05) is 20.3 Å². The van der Waals surface area contributed by atoms with Crippen molar-refractivity contribution in [2.45, 2.75) is 13.1 Å². The third-order valence-corrected chi connectivity index (χ3v) is 3.43. The lowest BCUT2D eigenvalue weighted by atomic mass is 10.2. The molecule has 0 atom stereocenters.